The van der Waals surface area contributed by atoms with E-state index in [2.05, 4.69) is 5.43 Å². The second kappa shape index (κ2) is 9.03. The van der Waals surface area contributed by atoms with Crippen LogP contribution in [0, 0.1) is 5.41 Å². The first-order valence-electron chi connectivity index (χ1n) is 11.8. The molecule has 7 nitrogen and oxygen atoms in total. The summed E-state index contributed by atoms with van der Waals surface area (Å²) >= 11 is 0. The molecule has 2 fully saturated rings. The lowest BCUT2D eigenvalue weighted by molar-refractivity contribution is -0.830. The number of hydrogen-bond acceptors (Lipinski definition) is 6. The maximum Gasteiger partial charge on any atom is 0.365 e. The highest BCUT2D eigenvalue weighted by atomic mass is 19.3. The Kier molecular flexibility index (Phi) is 6.04. The van der Waals surface area contributed by atoms with Crippen molar-refractivity contribution in [1.82, 2.24) is 10.4 Å². The fraction of sp³-hybridized carbons (Fsp3) is 0.423. The van der Waals surface area contributed by atoms with E-state index in [0.717, 1.165) is 29.7 Å². The van der Waals surface area contributed by atoms with Gasteiger partial charge in [0, 0.05) is 11.8 Å². The molecule has 5 rings (SSSR count). The molecule has 0 aromatic heterocycles. The quantitative estimate of drug-likeness (QED) is 0.460. The van der Waals surface area contributed by atoms with Crippen molar-refractivity contribution >= 4 is 5.97 Å². The number of benzene rings is 2. The SMILES string of the molecule is COC(=O)C1=C(Oc2ccc(C3CCC4(CC3)CC4(F)F)cc2)N(Cc2ccc(OC)cc2)[NH2+]N1. The van der Waals surface area contributed by atoms with Crippen molar-refractivity contribution < 1.29 is 33.3 Å². The molecule has 3 N–H and O–H groups in total. The number of carbonyl (C=O) groups is 1. The largest absolute Gasteiger partial charge is 0.497 e. The van der Waals surface area contributed by atoms with Crippen LogP contribution in [0.5, 0.6) is 11.5 Å². The van der Waals surface area contributed by atoms with Crippen LogP contribution in [0.4, 0.5) is 8.78 Å². The van der Waals surface area contributed by atoms with Crippen LogP contribution in [-0.4, -0.2) is 31.1 Å². The normalized spacial score (nSPS) is 24.8. The Morgan fingerprint density at radius 3 is 2.26 bits per heavy atom. The Balaban J connectivity index is 1.28. The smallest absolute Gasteiger partial charge is 0.365 e. The second-order valence-electron chi connectivity index (χ2n) is 9.53. The zero-order chi connectivity index (χ0) is 24.6. The lowest BCUT2D eigenvalue weighted by Crippen LogP contribution is -2.97. The summed E-state index contributed by atoms with van der Waals surface area (Å²) in [5.74, 6) is -1.04. The van der Waals surface area contributed by atoms with Crippen LogP contribution in [0.15, 0.2) is 60.1 Å². The zero-order valence-corrected chi connectivity index (χ0v) is 19.9. The van der Waals surface area contributed by atoms with Crippen LogP contribution in [0.25, 0.3) is 0 Å². The van der Waals surface area contributed by atoms with E-state index in [0.29, 0.717) is 31.0 Å². The number of nitrogens with two attached hydrogens (primary N) is 1. The maximum atomic E-state index is 13.7. The predicted octanol–water partition coefficient (Wildman–Crippen LogP) is 3.60. The summed E-state index contributed by atoms with van der Waals surface area (Å²) in [7, 11) is 2.94. The average Bonchev–Trinajstić information content (AvgIpc) is 3.18. The van der Waals surface area contributed by atoms with Crippen LogP contribution < -0.4 is 20.4 Å². The molecule has 2 aromatic rings. The van der Waals surface area contributed by atoms with Gasteiger partial charge in [-0.05, 0) is 67.0 Å². The van der Waals surface area contributed by atoms with E-state index < -0.39 is 17.3 Å². The van der Waals surface area contributed by atoms with Gasteiger partial charge < -0.3 is 14.2 Å². The number of halogens is 2. The van der Waals surface area contributed by atoms with Crippen molar-refractivity contribution in [3.63, 3.8) is 0 Å². The van der Waals surface area contributed by atoms with Gasteiger partial charge >= 0.3 is 5.97 Å². The summed E-state index contributed by atoms with van der Waals surface area (Å²) in [6.07, 6.45) is 2.78. The number of nitrogens with one attached hydrogen (secondary N) is 1. The third-order valence-electron chi connectivity index (χ3n) is 7.46. The zero-order valence-electron chi connectivity index (χ0n) is 19.9. The van der Waals surface area contributed by atoms with E-state index in [4.69, 9.17) is 14.2 Å². The van der Waals surface area contributed by atoms with Gasteiger partial charge in [-0.15, -0.1) is 5.53 Å². The summed E-state index contributed by atoms with van der Waals surface area (Å²) in [5, 5.41) is 1.80. The number of rotatable bonds is 7. The van der Waals surface area contributed by atoms with Gasteiger partial charge in [-0.25, -0.2) is 19.0 Å². The van der Waals surface area contributed by atoms with Gasteiger partial charge in [0.05, 0.1) is 20.8 Å². The minimum Gasteiger partial charge on any atom is -0.497 e. The van der Waals surface area contributed by atoms with Gasteiger partial charge in [0.25, 0.3) is 11.8 Å². The highest BCUT2D eigenvalue weighted by Gasteiger charge is 2.70. The summed E-state index contributed by atoms with van der Waals surface area (Å²) in [6.45, 7) is 0.472. The first kappa shape index (κ1) is 23.4. The molecule has 35 heavy (non-hydrogen) atoms. The molecule has 1 heterocycles. The van der Waals surface area contributed by atoms with E-state index in [1.807, 2.05) is 48.5 Å². The number of alkyl halides is 2. The number of quaternary nitrogens is 1. The number of carbonyl (C=O) groups excluding carboxylic acids is 1. The summed E-state index contributed by atoms with van der Waals surface area (Å²) < 4.78 is 43.7. The van der Waals surface area contributed by atoms with Crippen LogP contribution in [-0.2, 0) is 16.1 Å². The Labute approximate surface area is 203 Å². The van der Waals surface area contributed by atoms with Crippen molar-refractivity contribution in [3.8, 4) is 11.5 Å². The van der Waals surface area contributed by atoms with E-state index in [9.17, 15) is 13.6 Å². The summed E-state index contributed by atoms with van der Waals surface area (Å²) in [6, 6.07) is 15.3. The highest BCUT2D eigenvalue weighted by Crippen LogP contribution is 2.68. The Morgan fingerprint density at radius 2 is 1.69 bits per heavy atom. The average molecular weight is 487 g/mol. The van der Waals surface area contributed by atoms with Gasteiger partial charge in [0.2, 0.25) is 5.70 Å². The van der Waals surface area contributed by atoms with Gasteiger partial charge in [0.15, 0.2) is 0 Å². The number of esters is 1. The van der Waals surface area contributed by atoms with Crippen molar-refractivity contribution in [1.29, 1.82) is 0 Å². The number of ether oxygens (including phenoxy) is 3. The molecule has 2 aliphatic carbocycles. The topological polar surface area (TPSA) is 76.6 Å². The summed E-state index contributed by atoms with van der Waals surface area (Å²) in [5.41, 5.74) is 6.24. The minimum atomic E-state index is -2.47. The molecule has 1 aliphatic heterocycles. The number of nitrogens with zero attached hydrogens (tertiary/aromatic N) is 1. The van der Waals surface area contributed by atoms with E-state index in [1.165, 1.54) is 7.11 Å². The fourth-order valence-corrected chi connectivity index (χ4v) is 5.16. The fourth-order valence-electron chi connectivity index (χ4n) is 5.16. The molecule has 0 atom stereocenters. The van der Waals surface area contributed by atoms with Gasteiger partial charge in [-0.2, -0.15) is 5.01 Å². The van der Waals surface area contributed by atoms with Gasteiger partial charge in [0.1, 0.15) is 11.5 Å². The third-order valence-corrected chi connectivity index (χ3v) is 7.46. The van der Waals surface area contributed by atoms with Crippen molar-refractivity contribution in [2.24, 2.45) is 5.41 Å². The Bertz CT molecular complexity index is 1110. The first-order valence-corrected chi connectivity index (χ1v) is 11.8. The molecule has 9 heteroatoms. The molecule has 0 radical (unpaired) electrons. The number of hydrogen-bond donors (Lipinski definition) is 2. The van der Waals surface area contributed by atoms with Crippen LogP contribution in [0.3, 0.4) is 0 Å². The lowest BCUT2D eigenvalue weighted by Gasteiger charge is -2.29. The van der Waals surface area contributed by atoms with Crippen LogP contribution in [0.2, 0.25) is 0 Å². The van der Waals surface area contributed by atoms with Crippen molar-refractivity contribution in [2.45, 2.75) is 50.5 Å². The third kappa shape index (κ3) is 4.52. The Morgan fingerprint density at radius 1 is 1.06 bits per heavy atom. The molecular formula is C26H30F2N3O4+. The first-order chi connectivity index (χ1) is 16.8. The van der Waals surface area contributed by atoms with E-state index >= 15 is 0 Å². The molecule has 0 unspecified atom stereocenters. The van der Waals surface area contributed by atoms with Gasteiger partial charge in [-0.3, -0.25) is 0 Å². The monoisotopic (exact) mass is 486 g/mol. The molecule has 2 saturated carbocycles. The van der Waals surface area contributed by atoms with Gasteiger partial charge in [-0.1, -0.05) is 24.3 Å². The molecule has 3 aliphatic rings. The summed E-state index contributed by atoms with van der Waals surface area (Å²) in [4.78, 5) is 12.3. The number of methoxy groups -OCH3 is 2. The molecule has 2 aromatic carbocycles. The molecule has 0 bridgehead atoms. The van der Waals surface area contributed by atoms with Crippen LogP contribution >= 0.6 is 0 Å². The van der Waals surface area contributed by atoms with Crippen molar-refractivity contribution in [3.05, 3.63) is 71.2 Å². The molecule has 0 saturated heterocycles. The van der Waals surface area contributed by atoms with Crippen LogP contribution in [0.1, 0.15) is 49.1 Å². The van der Waals surface area contributed by atoms with E-state index in [-0.39, 0.29) is 18.0 Å². The Hall–Kier alpha value is -3.33. The lowest BCUT2D eigenvalue weighted by atomic mass is 9.76. The minimum absolute atomic E-state index is 0.0508. The standard InChI is InChI=1S/C26H29F2N3O4/c1-33-20-7-3-17(4-8-20)15-31-23(22(29-30-31)24(32)34-2)35-21-9-5-18(6-10-21)19-11-13-25(14-12-19)16-26(25,27)28/h3-10,19,29-30H,11-16H2,1-2H3/p+1. The molecule has 186 valence electrons. The maximum absolute atomic E-state index is 13.7. The van der Waals surface area contributed by atoms with Crippen molar-refractivity contribution in [2.75, 3.05) is 14.2 Å². The predicted molar refractivity (Wildman–Crippen MR) is 123 cm³/mol. The van der Waals surface area contributed by atoms with E-state index in [1.54, 1.807) is 17.7 Å². The molecule has 1 spiro atoms. The highest BCUT2D eigenvalue weighted by molar-refractivity contribution is 5.88. The molecular weight excluding hydrogens is 456 g/mol. The second-order valence-corrected chi connectivity index (χ2v) is 9.53. The molecule has 0 amide bonds.